The summed E-state index contributed by atoms with van der Waals surface area (Å²) in [6, 6.07) is 15.2. The Labute approximate surface area is 466 Å². The molecule has 2 heterocycles. The molecule has 456 valence electrons. The van der Waals surface area contributed by atoms with Crippen molar-refractivity contribution in [2.45, 2.75) is 127 Å². The van der Waals surface area contributed by atoms with Crippen LogP contribution in [0.15, 0.2) is 121 Å². The maximum absolute atomic E-state index is 14.0. The minimum atomic E-state index is -5.29. The second-order valence-corrected chi connectivity index (χ2v) is 32.1. The predicted molar refractivity (Wildman–Crippen MR) is 282 cm³/mol. The van der Waals surface area contributed by atoms with Crippen LogP contribution in [0.25, 0.3) is 0 Å². The zero-order valence-electron chi connectivity index (χ0n) is 45.0. The average molecular weight is 1260 g/mol. The number of rotatable bonds is 8. The Bertz CT molecular complexity index is 2920. The number of halogens is 24. The number of benzene rings is 6. The first-order valence-electron chi connectivity index (χ1n) is 25.5. The smallest absolute Gasteiger partial charge is 0.166 e. The summed E-state index contributed by atoms with van der Waals surface area (Å²) in [5, 5.41) is 1.10. The summed E-state index contributed by atoms with van der Waals surface area (Å²) in [4.78, 5) is 0. The van der Waals surface area contributed by atoms with Gasteiger partial charge in [0.15, 0.2) is 0 Å². The number of hydrogen-bond acceptors (Lipinski definition) is 0. The second kappa shape index (κ2) is 21.2. The molecule has 0 radical (unpaired) electrons. The summed E-state index contributed by atoms with van der Waals surface area (Å²) < 4.78 is 337. The third-order valence-corrected chi connectivity index (χ3v) is 30.3. The van der Waals surface area contributed by atoms with E-state index in [2.05, 4.69) is 0 Å². The topological polar surface area (TPSA) is 0 Å². The lowest BCUT2D eigenvalue weighted by Crippen LogP contribution is -2.83. The highest BCUT2D eigenvalue weighted by Crippen LogP contribution is 2.77. The van der Waals surface area contributed by atoms with Gasteiger partial charge in [0.2, 0.25) is 0 Å². The van der Waals surface area contributed by atoms with Gasteiger partial charge >= 0.3 is 49.4 Å². The van der Waals surface area contributed by atoms with E-state index in [0.717, 1.165) is 0 Å². The average Bonchev–Trinajstić information content (AvgIpc) is 0.661. The number of fused-ring (bicyclic) bond motifs is 2. The fourth-order valence-corrected chi connectivity index (χ4v) is 28.9. The normalized spacial score (nSPS) is 16.9. The van der Waals surface area contributed by atoms with Gasteiger partial charge in [-0.25, -0.2) is 0 Å². The van der Waals surface area contributed by atoms with Crippen LogP contribution in [-0.2, 0) is 49.4 Å². The summed E-state index contributed by atoms with van der Waals surface area (Å²) >= 11 is 0. The Morgan fingerprint density at radius 3 is 0.548 bits per heavy atom. The van der Waals surface area contributed by atoms with Gasteiger partial charge in [-0.3, -0.25) is 0 Å². The lowest BCUT2D eigenvalue weighted by Gasteiger charge is -2.65. The Morgan fingerprint density at radius 2 is 0.405 bits per heavy atom. The number of hydrogen-bond donors (Lipinski definition) is 0. The van der Waals surface area contributed by atoms with Gasteiger partial charge in [-0.15, -0.1) is 10.9 Å². The highest BCUT2D eigenvalue weighted by Gasteiger charge is 2.71. The Kier molecular flexibility index (Phi) is 16.7. The summed E-state index contributed by atoms with van der Waals surface area (Å²) in [5.41, 5.74) is -17.9. The van der Waals surface area contributed by atoms with E-state index >= 15 is 0 Å². The van der Waals surface area contributed by atoms with Gasteiger partial charge in [0.25, 0.3) is 11.7 Å². The highest BCUT2D eigenvalue weighted by atomic mass is 31.2. The first-order chi connectivity index (χ1) is 38.0. The molecule has 0 nitrogen and oxygen atoms in total. The van der Waals surface area contributed by atoms with E-state index in [-0.39, 0.29) is 35.2 Å². The summed E-state index contributed by atoms with van der Waals surface area (Å²) in [6.07, 6.45) is -42.3. The van der Waals surface area contributed by atoms with Gasteiger partial charge in [0.05, 0.1) is 44.5 Å². The standard InChI is InChI=1S/2C28H24BF12P/c2*1-15(2)42(16(3)4)24-8-6-5-7-23(24)29(42,21-11-17(25(30,31)32)9-18(12-21)26(33,34)35)22-13-19(27(36,37)38)10-20(14-22)28(39,40)41/h2*5-16H,1-4H3. The van der Waals surface area contributed by atoms with Crippen LogP contribution >= 0.6 is 14.3 Å². The van der Waals surface area contributed by atoms with E-state index in [1.807, 2.05) is 0 Å². The third kappa shape index (κ3) is 10.7. The Morgan fingerprint density at radius 1 is 0.250 bits per heavy atom. The van der Waals surface area contributed by atoms with Crippen LogP contribution in [0.1, 0.15) is 99.9 Å². The molecule has 6 aromatic carbocycles. The minimum absolute atomic E-state index is 0.101. The van der Waals surface area contributed by atoms with Crippen molar-refractivity contribution in [1.82, 2.24) is 0 Å². The van der Waals surface area contributed by atoms with E-state index in [0.29, 0.717) is 59.1 Å². The molecule has 6 aromatic rings. The molecule has 8 rings (SSSR count). The van der Waals surface area contributed by atoms with Crippen LogP contribution in [0.2, 0.25) is 0 Å². The van der Waals surface area contributed by atoms with E-state index in [1.165, 1.54) is 24.3 Å². The molecule has 0 saturated heterocycles. The van der Waals surface area contributed by atoms with Crippen molar-refractivity contribution in [1.29, 1.82) is 0 Å². The maximum Gasteiger partial charge on any atom is 0.416 e. The van der Waals surface area contributed by atoms with Gasteiger partial charge in [-0.05, 0) is 91.8 Å². The van der Waals surface area contributed by atoms with Crippen molar-refractivity contribution in [3.05, 3.63) is 166 Å². The van der Waals surface area contributed by atoms with Crippen LogP contribution in [0, 0.1) is 0 Å². The maximum atomic E-state index is 14.0. The van der Waals surface area contributed by atoms with Gasteiger partial charge in [0.1, 0.15) is 0 Å². The van der Waals surface area contributed by atoms with Crippen LogP contribution in [0.5, 0.6) is 0 Å². The lowest BCUT2D eigenvalue weighted by atomic mass is 9.33. The summed E-state index contributed by atoms with van der Waals surface area (Å²) in [7, 11) is -6.37. The van der Waals surface area contributed by atoms with Crippen molar-refractivity contribution in [3.63, 3.8) is 0 Å². The third-order valence-electron chi connectivity index (χ3n) is 16.7. The molecule has 2 aliphatic heterocycles. The molecule has 0 spiro atoms. The Balaban J connectivity index is 0.000000241. The molecule has 0 unspecified atom stereocenters. The molecule has 0 aliphatic carbocycles. The van der Waals surface area contributed by atoms with E-state index in [9.17, 15) is 105 Å². The van der Waals surface area contributed by atoms with Crippen molar-refractivity contribution in [3.8, 4) is 0 Å². The van der Waals surface area contributed by atoms with E-state index in [1.54, 1.807) is 79.7 Å². The Hall–Kier alpha value is -5.37. The molecule has 0 saturated carbocycles. The summed E-state index contributed by atoms with van der Waals surface area (Å²) in [6.45, 7) is 13.2. The van der Waals surface area contributed by atoms with Crippen LogP contribution in [0.4, 0.5) is 105 Å². The van der Waals surface area contributed by atoms with Gasteiger partial charge in [-0.1, -0.05) is 99.2 Å². The quantitative estimate of drug-likeness (QED) is 0.0809. The first kappa shape index (κ1) is 66.2. The van der Waals surface area contributed by atoms with Gasteiger partial charge in [0, 0.05) is 33.2 Å². The number of alkyl halides is 24. The molecular weight excluding hydrogens is 1210 g/mol. The van der Waals surface area contributed by atoms with Crippen molar-refractivity contribution >= 4 is 69.4 Å². The molecule has 0 N–H and O–H groups in total. The van der Waals surface area contributed by atoms with Crippen LogP contribution in [0.3, 0.4) is 0 Å². The SMILES string of the molecule is CC(C)[P+]1(C(C)C)c2ccccc2[B-]1(c1cc(C(F)(F)F)cc(C(F)(F)F)c1)c1cc(C(F)(F)F)cc(C(F)(F)F)c1.CC(C)[P+]1(C(C)C)c2ccccc2[B-]1(c1cc(C(F)(F)F)cc(C(F)(F)F)c1)c1cc(C(F)(F)F)cc(C(F)(F)F)c1. The second-order valence-electron chi connectivity index (χ2n) is 22.2. The van der Waals surface area contributed by atoms with Gasteiger partial charge < -0.3 is 0 Å². The molecule has 0 atom stereocenters. The zero-order valence-corrected chi connectivity index (χ0v) is 46.8. The largest absolute Gasteiger partial charge is 0.416 e. The first-order valence-corrected chi connectivity index (χ1v) is 29.5. The summed E-state index contributed by atoms with van der Waals surface area (Å²) in [5.74, 6) is -6.38. The van der Waals surface area contributed by atoms with Gasteiger partial charge in [-0.2, -0.15) is 127 Å². The monoisotopic (exact) mass is 1260 g/mol. The molecule has 84 heavy (non-hydrogen) atoms. The molecule has 0 fully saturated rings. The molecule has 0 aromatic heterocycles. The van der Waals surface area contributed by atoms with Crippen molar-refractivity contribution in [2.24, 2.45) is 0 Å². The molecule has 28 heteroatoms. The fraction of sp³-hybridized carbons (Fsp3) is 0.357. The van der Waals surface area contributed by atoms with Crippen molar-refractivity contribution in [2.75, 3.05) is 0 Å². The van der Waals surface area contributed by atoms with Crippen LogP contribution < -0.4 is 43.4 Å². The molecule has 2 aliphatic rings. The van der Waals surface area contributed by atoms with E-state index in [4.69, 9.17) is 0 Å². The lowest BCUT2D eigenvalue weighted by molar-refractivity contribution is -0.144. The molecule has 0 bridgehead atoms. The predicted octanol–water partition coefficient (Wildman–Crippen LogP) is 16.4. The van der Waals surface area contributed by atoms with Crippen LogP contribution in [-0.4, -0.2) is 34.4 Å². The highest BCUT2D eigenvalue weighted by molar-refractivity contribution is 8.23. The molecular formula is C56H48B2F24P2. The zero-order chi connectivity index (χ0) is 63.7. The van der Waals surface area contributed by atoms with Crippen molar-refractivity contribution < 1.29 is 105 Å². The molecule has 0 amide bonds. The minimum Gasteiger partial charge on any atom is -0.166 e. The fourth-order valence-electron chi connectivity index (χ4n) is 14.2. The van der Waals surface area contributed by atoms with E-state index < -0.39 is 164 Å².